The summed E-state index contributed by atoms with van der Waals surface area (Å²) in [7, 11) is 0. The zero-order valence-corrected chi connectivity index (χ0v) is 24.1. The zero-order chi connectivity index (χ0) is 26.4. The van der Waals surface area contributed by atoms with Gasteiger partial charge in [-0.15, -0.1) is 0 Å². The highest BCUT2D eigenvalue weighted by atomic mass is 32.2. The summed E-state index contributed by atoms with van der Waals surface area (Å²) >= 11 is -1.41. The molecule has 1 aromatic heterocycles. The molecule has 0 spiro atoms. The Labute approximate surface area is 219 Å². The minimum Gasteiger partial charge on any atom is -0.377 e. The predicted molar refractivity (Wildman–Crippen MR) is 148 cm³/mol. The number of aromatic nitrogens is 1. The maximum atomic E-state index is 14.1. The van der Waals surface area contributed by atoms with E-state index in [1.807, 2.05) is 17.0 Å². The molecule has 2 aromatic rings. The van der Waals surface area contributed by atoms with E-state index < -0.39 is 11.2 Å². The van der Waals surface area contributed by atoms with Crippen LogP contribution in [0.4, 0.5) is 0 Å². The Hall–Kier alpha value is -1.96. The Morgan fingerprint density at radius 3 is 2.00 bits per heavy atom. The van der Waals surface area contributed by atoms with E-state index >= 15 is 0 Å². The van der Waals surface area contributed by atoms with Gasteiger partial charge in [0, 0.05) is 18.8 Å². The lowest BCUT2D eigenvalue weighted by atomic mass is 9.79. The maximum absolute atomic E-state index is 14.1. The molecule has 6 nitrogen and oxygen atoms in total. The monoisotopic (exact) mass is 513 g/mol. The first kappa shape index (κ1) is 27.1. The Morgan fingerprint density at radius 1 is 0.972 bits per heavy atom. The summed E-state index contributed by atoms with van der Waals surface area (Å²) in [6.45, 7) is 20.1. The predicted octanol–water partition coefficient (Wildman–Crippen LogP) is 5.35. The van der Waals surface area contributed by atoms with Crippen molar-refractivity contribution in [3.8, 4) is 11.3 Å². The van der Waals surface area contributed by atoms with Gasteiger partial charge in [0.15, 0.2) is 0 Å². The highest BCUT2D eigenvalue weighted by Gasteiger charge is 2.30. The molecule has 198 valence electrons. The molecule has 1 unspecified atom stereocenters. The van der Waals surface area contributed by atoms with Crippen molar-refractivity contribution in [2.75, 3.05) is 26.3 Å². The van der Waals surface area contributed by atoms with Gasteiger partial charge in [0.1, 0.15) is 0 Å². The van der Waals surface area contributed by atoms with Crippen LogP contribution in [0.1, 0.15) is 88.5 Å². The number of benzene rings is 1. The summed E-state index contributed by atoms with van der Waals surface area (Å²) in [4.78, 5) is 13.3. The number of piperidine rings is 1. The first-order chi connectivity index (χ1) is 16.8. The molecule has 4 rings (SSSR count). The number of amides is 1. The molecule has 36 heavy (non-hydrogen) atoms. The van der Waals surface area contributed by atoms with Crippen molar-refractivity contribution in [2.24, 2.45) is 5.92 Å². The number of carbonyl (C=O) groups excluding carboxylic acids is 1. The molecule has 1 atom stereocenters. The largest absolute Gasteiger partial charge is 0.377 e. The average molecular weight is 514 g/mol. The second kappa shape index (κ2) is 10.1. The molecule has 2 fully saturated rings. The zero-order valence-electron chi connectivity index (χ0n) is 23.2. The van der Waals surface area contributed by atoms with E-state index in [1.54, 1.807) is 0 Å². The van der Waals surface area contributed by atoms with Gasteiger partial charge in [-0.3, -0.25) is 8.77 Å². The van der Waals surface area contributed by atoms with E-state index in [9.17, 15) is 9.00 Å². The van der Waals surface area contributed by atoms with Crippen molar-refractivity contribution in [3.05, 3.63) is 46.6 Å². The van der Waals surface area contributed by atoms with E-state index in [1.165, 1.54) is 11.1 Å². The molecule has 0 radical (unpaired) electrons. The van der Waals surface area contributed by atoms with Gasteiger partial charge in [-0.2, -0.15) is 0 Å². The van der Waals surface area contributed by atoms with Gasteiger partial charge < -0.3 is 10.1 Å². The Morgan fingerprint density at radius 2 is 1.53 bits per heavy atom. The van der Waals surface area contributed by atoms with Crippen LogP contribution in [0.25, 0.3) is 11.3 Å². The number of hydrogen-bond donors (Lipinski definition) is 1. The fourth-order valence-electron chi connectivity index (χ4n) is 4.70. The highest BCUT2D eigenvalue weighted by Crippen LogP contribution is 2.36. The molecular weight excluding hydrogens is 470 g/mol. The van der Waals surface area contributed by atoms with Crippen LogP contribution in [0.15, 0.2) is 24.3 Å². The fourth-order valence-corrected chi connectivity index (χ4v) is 6.11. The second-order valence-corrected chi connectivity index (χ2v) is 14.0. The lowest BCUT2D eigenvalue weighted by Gasteiger charge is -2.30. The molecule has 1 N–H and O–H groups in total. The van der Waals surface area contributed by atoms with Gasteiger partial charge in [-0.05, 0) is 71.4 Å². The van der Waals surface area contributed by atoms with Gasteiger partial charge in [-0.25, -0.2) is 8.51 Å². The molecular formula is C29H43N3O3S. The number of nitrogens with one attached hydrogen (secondary N) is 1. The van der Waals surface area contributed by atoms with Crippen LogP contribution >= 0.6 is 0 Å². The number of carbonyl (C=O) groups is 1. The van der Waals surface area contributed by atoms with E-state index in [4.69, 9.17) is 4.74 Å². The van der Waals surface area contributed by atoms with Crippen molar-refractivity contribution < 1.29 is 13.7 Å². The van der Waals surface area contributed by atoms with Crippen LogP contribution in [-0.4, -0.2) is 50.7 Å². The third-order valence-corrected chi connectivity index (χ3v) is 9.08. The second-order valence-electron chi connectivity index (χ2n) is 12.7. The van der Waals surface area contributed by atoms with E-state index in [0.29, 0.717) is 24.7 Å². The first-order valence-electron chi connectivity index (χ1n) is 13.2. The Kier molecular flexibility index (Phi) is 7.58. The average Bonchev–Trinajstić information content (AvgIpc) is 3.12. The summed E-state index contributed by atoms with van der Waals surface area (Å²) in [6, 6.07) is 8.67. The van der Waals surface area contributed by atoms with Crippen molar-refractivity contribution >= 4 is 17.1 Å². The Balaban J connectivity index is 1.86. The minimum absolute atomic E-state index is 0.0366. The van der Waals surface area contributed by atoms with Crippen molar-refractivity contribution in [1.82, 2.24) is 13.6 Å². The fraction of sp³-hybridized carbons (Fsp3) is 0.621. The summed E-state index contributed by atoms with van der Waals surface area (Å²) in [6.07, 6.45) is 2.06. The van der Waals surface area contributed by atoms with Crippen LogP contribution in [-0.2, 0) is 26.7 Å². The lowest BCUT2D eigenvalue weighted by molar-refractivity contribution is -0.00347. The molecule has 2 aliphatic rings. The lowest BCUT2D eigenvalue weighted by Crippen LogP contribution is -2.48. The molecule has 2 saturated heterocycles. The molecule has 7 heteroatoms. The third-order valence-electron chi connectivity index (χ3n) is 7.49. The van der Waals surface area contributed by atoms with Crippen LogP contribution in [0.2, 0.25) is 0 Å². The standard InChI is InChI=1S/C29H43N3O3S/c1-19-9-11-31(12-10-19)36(34)32-20(2)25(27(33)30-24-17-35-18-24)16-26(32)21-13-22(28(3,4)5)15-23(14-21)29(6,7)8/h13-16,19,24H,9-12,17-18H2,1-8H3,(H,30,33). The van der Waals surface area contributed by atoms with Gasteiger partial charge in [0.2, 0.25) is 11.2 Å². The van der Waals surface area contributed by atoms with Gasteiger partial charge >= 0.3 is 0 Å². The molecule has 0 saturated carbocycles. The van der Waals surface area contributed by atoms with E-state index in [2.05, 4.69) is 76.3 Å². The number of hydrogen-bond acceptors (Lipinski definition) is 3. The van der Waals surface area contributed by atoms with Crippen LogP contribution in [0.3, 0.4) is 0 Å². The van der Waals surface area contributed by atoms with Crippen molar-refractivity contribution in [2.45, 2.75) is 85.1 Å². The summed E-state index contributed by atoms with van der Waals surface area (Å²) in [5, 5.41) is 3.07. The third kappa shape index (κ3) is 5.63. The quantitative estimate of drug-likeness (QED) is 0.587. The van der Waals surface area contributed by atoms with Crippen molar-refractivity contribution in [3.63, 3.8) is 0 Å². The first-order valence-corrected chi connectivity index (χ1v) is 14.3. The smallest absolute Gasteiger partial charge is 0.253 e. The Bertz CT molecular complexity index is 1110. The summed E-state index contributed by atoms with van der Waals surface area (Å²) < 4.78 is 23.2. The number of ether oxygens (including phenoxy) is 1. The number of rotatable bonds is 5. The molecule has 1 aromatic carbocycles. The van der Waals surface area contributed by atoms with Gasteiger partial charge in [-0.1, -0.05) is 54.5 Å². The highest BCUT2D eigenvalue weighted by molar-refractivity contribution is 7.81. The summed E-state index contributed by atoms with van der Waals surface area (Å²) in [5.74, 6) is 0.514. The summed E-state index contributed by atoms with van der Waals surface area (Å²) in [5.41, 5.74) is 5.50. The van der Waals surface area contributed by atoms with Gasteiger partial charge in [0.05, 0.1) is 30.5 Å². The molecule has 1 amide bonds. The molecule has 2 aliphatic heterocycles. The topological polar surface area (TPSA) is 63.6 Å². The molecule has 0 bridgehead atoms. The minimum atomic E-state index is -1.41. The van der Waals surface area contributed by atoms with E-state index in [-0.39, 0.29) is 22.8 Å². The van der Waals surface area contributed by atoms with Crippen LogP contribution < -0.4 is 5.32 Å². The number of nitrogens with zero attached hydrogens (tertiary/aromatic N) is 2. The van der Waals surface area contributed by atoms with E-state index in [0.717, 1.165) is 42.9 Å². The van der Waals surface area contributed by atoms with Crippen LogP contribution in [0.5, 0.6) is 0 Å². The molecule has 3 heterocycles. The molecule has 0 aliphatic carbocycles. The maximum Gasteiger partial charge on any atom is 0.253 e. The van der Waals surface area contributed by atoms with Crippen molar-refractivity contribution in [1.29, 1.82) is 0 Å². The van der Waals surface area contributed by atoms with Crippen LogP contribution in [0, 0.1) is 12.8 Å². The normalized spacial score (nSPS) is 19.2. The SMILES string of the molecule is Cc1c(C(=O)NC2COC2)cc(-c2cc(C(C)(C)C)cc(C(C)(C)C)c2)n1S(=O)N1CCC(C)CC1. The van der Waals surface area contributed by atoms with Gasteiger partial charge in [0.25, 0.3) is 5.91 Å².